The normalized spacial score (nSPS) is 21.0. The molecular weight excluding hydrogens is 344 g/mol. The van der Waals surface area contributed by atoms with Crippen molar-refractivity contribution in [1.82, 2.24) is 9.72 Å². The molecule has 4 rings (SSSR count). The topological polar surface area (TPSA) is 85.3 Å². The number of benzene rings is 1. The highest BCUT2D eigenvalue weighted by atomic mass is 35.5. The van der Waals surface area contributed by atoms with Crippen molar-refractivity contribution in [2.45, 2.75) is 38.6 Å². The number of hydrogen-bond acceptors (Lipinski definition) is 4. The standard InChI is InChI=1S/C18H17ClN2O4/c1-9-14-16(20-25-9)15-12(19)6-3-7-13(15)21(17(14)22)11-5-2-4-10(8-11)18(23)24/h3,6-7,10-11H,2,4-5,8H2,1H3,(H,23,24)/t10-,11+/m1/s1. The zero-order valence-corrected chi connectivity index (χ0v) is 14.4. The summed E-state index contributed by atoms with van der Waals surface area (Å²) in [5.41, 5.74) is 0.943. The third-order valence-electron chi connectivity index (χ3n) is 5.14. The fourth-order valence-corrected chi connectivity index (χ4v) is 4.22. The van der Waals surface area contributed by atoms with E-state index < -0.39 is 11.9 Å². The first kappa shape index (κ1) is 16.1. The highest BCUT2D eigenvalue weighted by Crippen LogP contribution is 2.37. The summed E-state index contributed by atoms with van der Waals surface area (Å²) in [7, 11) is 0. The van der Waals surface area contributed by atoms with E-state index in [2.05, 4.69) is 5.16 Å². The smallest absolute Gasteiger partial charge is 0.306 e. The molecule has 1 aliphatic rings. The van der Waals surface area contributed by atoms with Crippen molar-refractivity contribution in [2.75, 3.05) is 0 Å². The van der Waals surface area contributed by atoms with Gasteiger partial charge in [-0.3, -0.25) is 9.59 Å². The second kappa shape index (κ2) is 5.88. The number of halogens is 1. The van der Waals surface area contributed by atoms with Crippen LogP contribution in [0.3, 0.4) is 0 Å². The molecule has 0 aliphatic heterocycles. The molecule has 0 amide bonds. The number of carboxylic acids is 1. The fraction of sp³-hybridized carbons (Fsp3) is 0.389. The van der Waals surface area contributed by atoms with Crippen LogP contribution in [0.1, 0.15) is 37.5 Å². The number of hydrogen-bond donors (Lipinski definition) is 1. The van der Waals surface area contributed by atoms with Crippen LogP contribution in [0.2, 0.25) is 5.02 Å². The van der Waals surface area contributed by atoms with Gasteiger partial charge < -0.3 is 14.2 Å². The molecule has 0 spiro atoms. The van der Waals surface area contributed by atoms with Gasteiger partial charge in [0.1, 0.15) is 16.7 Å². The van der Waals surface area contributed by atoms with Crippen LogP contribution in [0.4, 0.5) is 0 Å². The Morgan fingerprint density at radius 2 is 2.16 bits per heavy atom. The van der Waals surface area contributed by atoms with E-state index in [1.54, 1.807) is 23.6 Å². The van der Waals surface area contributed by atoms with E-state index in [4.69, 9.17) is 16.1 Å². The average molecular weight is 361 g/mol. The molecule has 0 radical (unpaired) electrons. The van der Waals surface area contributed by atoms with Gasteiger partial charge in [-0.15, -0.1) is 0 Å². The van der Waals surface area contributed by atoms with Crippen molar-refractivity contribution in [1.29, 1.82) is 0 Å². The lowest BCUT2D eigenvalue weighted by Gasteiger charge is -2.29. The summed E-state index contributed by atoms with van der Waals surface area (Å²) in [4.78, 5) is 24.6. The van der Waals surface area contributed by atoms with Gasteiger partial charge in [-0.1, -0.05) is 29.2 Å². The van der Waals surface area contributed by atoms with Crippen molar-refractivity contribution in [3.8, 4) is 0 Å². The summed E-state index contributed by atoms with van der Waals surface area (Å²) < 4.78 is 6.94. The zero-order chi connectivity index (χ0) is 17.7. The lowest BCUT2D eigenvalue weighted by Crippen LogP contribution is -2.31. The largest absolute Gasteiger partial charge is 0.481 e. The minimum atomic E-state index is -0.803. The first-order chi connectivity index (χ1) is 12.0. The van der Waals surface area contributed by atoms with E-state index >= 15 is 0 Å². The van der Waals surface area contributed by atoms with Crippen LogP contribution in [0.15, 0.2) is 27.5 Å². The first-order valence-corrected chi connectivity index (χ1v) is 8.68. The van der Waals surface area contributed by atoms with Crippen LogP contribution in [-0.4, -0.2) is 20.8 Å². The molecule has 6 nitrogen and oxygen atoms in total. The van der Waals surface area contributed by atoms with Crippen LogP contribution in [0, 0.1) is 12.8 Å². The van der Waals surface area contributed by atoms with Crippen LogP contribution in [0.5, 0.6) is 0 Å². The zero-order valence-electron chi connectivity index (χ0n) is 13.7. The summed E-state index contributed by atoms with van der Waals surface area (Å²) >= 11 is 6.40. The highest BCUT2D eigenvalue weighted by molar-refractivity contribution is 6.37. The second-order valence-electron chi connectivity index (χ2n) is 6.63. The van der Waals surface area contributed by atoms with Gasteiger partial charge in [0, 0.05) is 11.4 Å². The molecule has 2 atom stereocenters. The van der Waals surface area contributed by atoms with Crippen molar-refractivity contribution >= 4 is 39.4 Å². The minimum Gasteiger partial charge on any atom is -0.481 e. The number of aromatic nitrogens is 2. The van der Waals surface area contributed by atoms with Gasteiger partial charge in [-0.25, -0.2) is 0 Å². The molecule has 25 heavy (non-hydrogen) atoms. The average Bonchev–Trinajstić information content (AvgIpc) is 2.97. The van der Waals surface area contributed by atoms with Crippen molar-refractivity contribution < 1.29 is 14.4 Å². The summed E-state index contributed by atoms with van der Waals surface area (Å²) in [6.45, 7) is 1.70. The lowest BCUT2D eigenvalue weighted by molar-refractivity contribution is -0.143. The Balaban J connectivity index is 2.03. The quantitative estimate of drug-likeness (QED) is 0.748. The summed E-state index contributed by atoms with van der Waals surface area (Å²) in [5.74, 6) is -0.789. The predicted octanol–water partition coefficient (Wildman–Crippen LogP) is 3.92. The van der Waals surface area contributed by atoms with E-state index in [0.29, 0.717) is 45.4 Å². The predicted molar refractivity (Wildman–Crippen MR) is 94.2 cm³/mol. The van der Waals surface area contributed by atoms with Crippen LogP contribution in [0.25, 0.3) is 21.8 Å². The molecule has 3 aromatic rings. The van der Waals surface area contributed by atoms with Gasteiger partial charge in [-0.2, -0.15) is 0 Å². The molecule has 1 aromatic carbocycles. The van der Waals surface area contributed by atoms with Crippen LogP contribution >= 0.6 is 11.6 Å². The van der Waals surface area contributed by atoms with Gasteiger partial charge in [0.25, 0.3) is 5.56 Å². The van der Waals surface area contributed by atoms with E-state index in [0.717, 1.165) is 12.8 Å². The molecule has 130 valence electrons. The maximum atomic E-state index is 13.2. The van der Waals surface area contributed by atoms with Gasteiger partial charge in [-0.05, 0) is 38.3 Å². The fourth-order valence-electron chi connectivity index (χ4n) is 3.96. The monoisotopic (exact) mass is 360 g/mol. The second-order valence-corrected chi connectivity index (χ2v) is 7.03. The summed E-state index contributed by atoms with van der Waals surface area (Å²) in [6, 6.07) is 5.19. The molecular formula is C18H17ClN2O4. The third-order valence-corrected chi connectivity index (χ3v) is 5.46. The van der Waals surface area contributed by atoms with Gasteiger partial charge >= 0.3 is 5.97 Å². The Kier molecular flexibility index (Phi) is 3.80. The van der Waals surface area contributed by atoms with Gasteiger partial charge in [0.2, 0.25) is 0 Å². The number of nitrogens with zero attached hydrogens (tertiary/aromatic N) is 2. The molecule has 1 N–H and O–H groups in total. The number of rotatable bonds is 2. The lowest BCUT2D eigenvalue weighted by atomic mass is 9.85. The maximum Gasteiger partial charge on any atom is 0.306 e. The number of carboxylic acid groups (broad SMARTS) is 1. The van der Waals surface area contributed by atoms with Crippen molar-refractivity contribution in [3.63, 3.8) is 0 Å². The molecule has 1 fully saturated rings. The summed E-state index contributed by atoms with van der Waals surface area (Å²) in [6.07, 6.45) is 2.62. The number of fused-ring (bicyclic) bond motifs is 3. The molecule has 0 saturated heterocycles. The van der Waals surface area contributed by atoms with Crippen LogP contribution < -0.4 is 5.56 Å². The van der Waals surface area contributed by atoms with E-state index in [1.807, 2.05) is 6.07 Å². The van der Waals surface area contributed by atoms with Crippen LogP contribution in [-0.2, 0) is 4.79 Å². The minimum absolute atomic E-state index is 0.179. The molecule has 0 bridgehead atoms. The van der Waals surface area contributed by atoms with Gasteiger partial charge in [0.05, 0.1) is 16.5 Å². The Bertz CT molecular complexity index is 1050. The third kappa shape index (κ3) is 2.43. The Morgan fingerprint density at radius 1 is 1.36 bits per heavy atom. The number of carbonyl (C=O) groups is 1. The highest BCUT2D eigenvalue weighted by Gasteiger charge is 2.30. The SMILES string of the molecule is Cc1onc2c1c(=O)n([C@H]1CCC[C@@H](C(=O)O)C1)c1cccc(Cl)c21. The molecule has 7 heteroatoms. The molecule has 2 aromatic heterocycles. The number of aliphatic carboxylic acids is 1. The number of pyridine rings is 1. The molecule has 2 heterocycles. The molecule has 1 saturated carbocycles. The van der Waals surface area contributed by atoms with E-state index in [-0.39, 0.29) is 11.6 Å². The molecule has 0 unspecified atom stereocenters. The Labute approximate surface area is 148 Å². The van der Waals surface area contributed by atoms with Gasteiger partial charge in [0.15, 0.2) is 0 Å². The molecule has 1 aliphatic carbocycles. The first-order valence-electron chi connectivity index (χ1n) is 8.30. The summed E-state index contributed by atoms with van der Waals surface area (Å²) in [5, 5.41) is 15.0. The maximum absolute atomic E-state index is 13.2. The van der Waals surface area contributed by atoms with E-state index in [1.165, 1.54) is 0 Å². The number of aryl methyl sites for hydroxylation is 1. The Morgan fingerprint density at radius 3 is 2.92 bits per heavy atom. The van der Waals surface area contributed by atoms with Crippen molar-refractivity contribution in [2.24, 2.45) is 5.92 Å². The Hall–Kier alpha value is -2.34. The van der Waals surface area contributed by atoms with Crippen molar-refractivity contribution in [3.05, 3.63) is 39.3 Å². The van der Waals surface area contributed by atoms with E-state index in [9.17, 15) is 14.7 Å².